The Morgan fingerprint density at radius 3 is 2.59 bits per heavy atom. The number of benzene rings is 1. The number of hydrogen-bond acceptors (Lipinski definition) is 6. The Labute approximate surface area is 159 Å². The smallest absolute Gasteiger partial charge is 0.260 e. The van der Waals surface area contributed by atoms with Gasteiger partial charge in [-0.3, -0.25) is 4.79 Å². The van der Waals surface area contributed by atoms with Gasteiger partial charge in [0.15, 0.2) is 6.61 Å². The third-order valence-corrected chi connectivity index (χ3v) is 4.43. The number of carbonyl (C=O) groups excluding carboxylic acids is 1. The van der Waals surface area contributed by atoms with E-state index in [9.17, 15) is 4.79 Å². The first-order chi connectivity index (χ1) is 13.0. The maximum absolute atomic E-state index is 12.4. The van der Waals surface area contributed by atoms with Crippen molar-refractivity contribution in [3.63, 3.8) is 0 Å². The van der Waals surface area contributed by atoms with E-state index in [0.717, 1.165) is 18.5 Å². The van der Waals surface area contributed by atoms with E-state index in [0.29, 0.717) is 36.3 Å². The number of methoxy groups -OCH3 is 1. The predicted molar refractivity (Wildman–Crippen MR) is 100 cm³/mol. The average Bonchev–Trinajstić information content (AvgIpc) is 2.66. The molecule has 0 bridgehead atoms. The zero-order valence-electron chi connectivity index (χ0n) is 16.0. The van der Waals surface area contributed by atoms with Crippen molar-refractivity contribution >= 4 is 5.91 Å². The fraction of sp³-hybridized carbons (Fsp3) is 0.450. The molecule has 1 saturated heterocycles. The molecular weight excluding hydrogens is 346 g/mol. The number of rotatable bonds is 6. The lowest BCUT2D eigenvalue weighted by atomic mass is 10.1. The normalized spacial score (nSPS) is 14.7. The quantitative estimate of drug-likeness (QED) is 0.777. The van der Waals surface area contributed by atoms with E-state index in [4.69, 9.17) is 14.2 Å². The second-order valence-corrected chi connectivity index (χ2v) is 6.56. The summed E-state index contributed by atoms with van der Waals surface area (Å²) < 4.78 is 16.7. The third kappa shape index (κ3) is 5.32. The first kappa shape index (κ1) is 18.9. The van der Waals surface area contributed by atoms with E-state index in [1.54, 1.807) is 13.2 Å². The lowest BCUT2D eigenvalue weighted by Gasteiger charge is -2.32. The van der Waals surface area contributed by atoms with Crippen LogP contribution in [0.2, 0.25) is 0 Å². The standard InChI is InChI=1S/C20H25N3O4/c1-14-11-19(22-15(2)21-14)27-16-7-9-23(10-8-16)20(24)13-26-18-6-4-5-17(12-18)25-3/h4-6,11-12,16H,7-10,13H2,1-3H3. The van der Waals surface area contributed by atoms with Crippen LogP contribution in [0, 0.1) is 13.8 Å². The lowest BCUT2D eigenvalue weighted by Crippen LogP contribution is -2.43. The second-order valence-electron chi connectivity index (χ2n) is 6.56. The van der Waals surface area contributed by atoms with E-state index >= 15 is 0 Å². The van der Waals surface area contributed by atoms with Gasteiger partial charge in [-0.15, -0.1) is 0 Å². The molecule has 0 saturated carbocycles. The molecule has 2 heterocycles. The number of amides is 1. The first-order valence-corrected chi connectivity index (χ1v) is 9.07. The molecule has 0 atom stereocenters. The largest absolute Gasteiger partial charge is 0.497 e. The van der Waals surface area contributed by atoms with Crippen molar-refractivity contribution in [1.82, 2.24) is 14.9 Å². The number of ether oxygens (including phenoxy) is 3. The van der Waals surface area contributed by atoms with Crippen LogP contribution in [0.1, 0.15) is 24.4 Å². The topological polar surface area (TPSA) is 73.8 Å². The summed E-state index contributed by atoms with van der Waals surface area (Å²) in [6.07, 6.45) is 1.60. The Hall–Kier alpha value is -2.83. The van der Waals surface area contributed by atoms with Crippen LogP contribution in [-0.4, -0.2) is 53.7 Å². The van der Waals surface area contributed by atoms with Gasteiger partial charge in [-0.1, -0.05) is 6.07 Å². The molecule has 1 aliphatic rings. The molecule has 7 heteroatoms. The summed E-state index contributed by atoms with van der Waals surface area (Å²) in [5, 5.41) is 0. The fourth-order valence-corrected chi connectivity index (χ4v) is 3.06. The van der Waals surface area contributed by atoms with Crippen LogP contribution in [0.15, 0.2) is 30.3 Å². The van der Waals surface area contributed by atoms with Gasteiger partial charge in [0, 0.05) is 43.8 Å². The fourth-order valence-electron chi connectivity index (χ4n) is 3.06. The highest BCUT2D eigenvalue weighted by molar-refractivity contribution is 5.77. The number of hydrogen-bond donors (Lipinski definition) is 0. The Morgan fingerprint density at radius 2 is 1.89 bits per heavy atom. The highest BCUT2D eigenvalue weighted by Gasteiger charge is 2.24. The number of nitrogens with zero attached hydrogens (tertiary/aromatic N) is 3. The van der Waals surface area contributed by atoms with E-state index in [1.165, 1.54) is 0 Å². The summed E-state index contributed by atoms with van der Waals surface area (Å²) in [6, 6.07) is 9.07. The van der Waals surface area contributed by atoms with Gasteiger partial charge in [-0.05, 0) is 26.0 Å². The van der Waals surface area contributed by atoms with E-state index in [-0.39, 0.29) is 18.6 Å². The van der Waals surface area contributed by atoms with Gasteiger partial charge in [-0.2, -0.15) is 4.98 Å². The van der Waals surface area contributed by atoms with Crippen molar-refractivity contribution in [3.05, 3.63) is 41.9 Å². The molecular formula is C20H25N3O4. The highest BCUT2D eigenvalue weighted by atomic mass is 16.5. The molecule has 7 nitrogen and oxygen atoms in total. The van der Waals surface area contributed by atoms with Crippen molar-refractivity contribution in [2.45, 2.75) is 32.8 Å². The van der Waals surface area contributed by atoms with Crippen LogP contribution < -0.4 is 14.2 Å². The molecule has 1 aromatic heterocycles. The molecule has 0 aliphatic carbocycles. The van der Waals surface area contributed by atoms with Crippen molar-refractivity contribution in [2.75, 3.05) is 26.8 Å². The maximum Gasteiger partial charge on any atom is 0.260 e. The first-order valence-electron chi connectivity index (χ1n) is 9.07. The molecule has 1 aromatic carbocycles. The average molecular weight is 371 g/mol. The predicted octanol–water partition coefficient (Wildman–Crippen LogP) is 2.55. The summed E-state index contributed by atoms with van der Waals surface area (Å²) >= 11 is 0. The number of likely N-dealkylation sites (tertiary alicyclic amines) is 1. The van der Waals surface area contributed by atoms with E-state index < -0.39 is 0 Å². The van der Waals surface area contributed by atoms with Crippen LogP contribution in [0.4, 0.5) is 0 Å². The van der Waals surface area contributed by atoms with Gasteiger partial charge in [0.25, 0.3) is 5.91 Å². The van der Waals surface area contributed by atoms with E-state index in [2.05, 4.69) is 9.97 Å². The highest BCUT2D eigenvalue weighted by Crippen LogP contribution is 2.20. The molecule has 0 unspecified atom stereocenters. The summed E-state index contributed by atoms with van der Waals surface area (Å²) in [5.41, 5.74) is 0.889. The second kappa shape index (κ2) is 8.70. The SMILES string of the molecule is COc1cccc(OCC(=O)N2CCC(Oc3cc(C)nc(C)n3)CC2)c1. The minimum absolute atomic E-state index is 0.0169. The van der Waals surface area contributed by atoms with Crippen molar-refractivity contribution in [3.8, 4) is 17.4 Å². The van der Waals surface area contributed by atoms with Crippen LogP contribution in [-0.2, 0) is 4.79 Å². The minimum atomic E-state index is -0.0232. The molecule has 27 heavy (non-hydrogen) atoms. The van der Waals surface area contributed by atoms with Crippen LogP contribution in [0.3, 0.4) is 0 Å². The number of piperidine rings is 1. The van der Waals surface area contributed by atoms with Gasteiger partial charge in [0.05, 0.1) is 7.11 Å². The number of aryl methyl sites for hydroxylation is 2. The van der Waals surface area contributed by atoms with Crippen molar-refractivity contribution < 1.29 is 19.0 Å². The lowest BCUT2D eigenvalue weighted by molar-refractivity contribution is -0.135. The minimum Gasteiger partial charge on any atom is -0.497 e. The molecule has 1 fully saturated rings. The van der Waals surface area contributed by atoms with Gasteiger partial charge in [0.1, 0.15) is 23.4 Å². The van der Waals surface area contributed by atoms with Crippen LogP contribution in [0.25, 0.3) is 0 Å². The molecule has 144 valence electrons. The Kier molecular flexibility index (Phi) is 6.11. The van der Waals surface area contributed by atoms with Crippen LogP contribution in [0.5, 0.6) is 17.4 Å². The van der Waals surface area contributed by atoms with Crippen molar-refractivity contribution in [2.24, 2.45) is 0 Å². The molecule has 0 radical (unpaired) electrons. The molecule has 2 aromatic rings. The summed E-state index contributed by atoms with van der Waals surface area (Å²) in [6.45, 7) is 5.08. The molecule has 0 N–H and O–H groups in total. The zero-order chi connectivity index (χ0) is 19.2. The summed E-state index contributed by atoms with van der Waals surface area (Å²) in [7, 11) is 1.60. The molecule has 1 aliphatic heterocycles. The van der Waals surface area contributed by atoms with Crippen LogP contribution >= 0.6 is 0 Å². The molecule has 1 amide bonds. The summed E-state index contributed by atoms with van der Waals surface area (Å²) in [4.78, 5) is 22.8. The molecule has 0 spiro atoms. The molecule has 3 rings (SSSR count). The number of aromatic nitrogens is 2. The van der Waals surface area contributed by atoms with Gasteiger partial charge >= 0.3 is 0 Å². The Morgan fingerprint density at radius 1 is 1.15 bits per heavy atom. The number of carbonyl (C=O) groups is 1. The van der Waals surface area contributed by atoms with E-state index in [1.807, 2.05) is 43.0 Å². The Balaban J connectivity index is 1.46. The summed E-state index contributed by atoms with van der Waals surface area (Å²) in [5.74, 6) is 2.60. The third-order valence-electron chi connectivity index (χ3n) is 4.43. The zero-order valence-corrected chi connectivity index (χ0v) is 16.0. The van der Waals surface area contributed by atoms with Gasteiger partial charge in [0.2, 0.25) is 5.88 Å². The monoisotopic (exact) mass is 371 g/mol. The van der Waals surface area contributed by atoms with Gasteiger partial charge < -0.3 is 19.1 Å². The van der Waals surface area contributed by atoms with Crippen molar-refractivity contribution in [1.29, 1.82) is 0 Å². The maximum atomic E-state index is 12.4. The Bertz CT molecular complexity index is 768. The van der Waals surface area contributed by atoms with Gasteiger partial charge in [-0.25, -0.2) is 4.98 Å².